The van der Waals surface area contributed by atoms with Gasteiger partial charge in [0.15, 0.2) is 0 Å². The average molecular weight is 298 g/mol. The molecule has 0 aliphatic carbocycles. The molecule has 0 atom stereocenters. The van der Waals surface area contributed by atoms with Gasteiger partial charge in [-0.2, -0.15) is 0 Å². The summed E-state index contributed by atoms with van der Waals surface area (Å²) >= 11 is 1.89. The summed E-state index contributed by atoms with van der Waals surface area (Å²) in [4.78, 5) is 7.66. The lowest BCUT2D eigenvalue weighted by molar-refractivity contribution is 0.219. The van der Waals surface area contributed by atoms with Gasteiger partial charge in [0.25, 0.3) is 0 Å². The Morgan fingerprint density at radius 3 is 2.45 bits per heavy atom. The van der Waals surface area contributed by atoms with Gasteiger partial charge < -0.3 is 15.1 Å². The first-order chi connectivity index (χ1) is 9.47. The second-order valence-electron chi connectivity index (χ2n) is 6.19. The fourth-order valence-electron chi connectivity index (χ4n) is 2.18. The van der Waals surface area contributed by atoms with Gasteiger partial charge >= 0.3 is 0 Å². The summed E-state index contributed by atoms with van der Waals surface area (Å²) in [5.41, 5.74) is 0. The zero-order valence-electron chi connectivity index (χ0n) is 13.8. The summed E-state index contributed by atoms with van der Waals surface area (Å²) in [6.45, 7) is 13.4. The smallest absolute Gasteiger partial charge is 0.0300 e. The van der Waals surface area contributed by atoms with E-state index in [1.54, 1.807) is 0 Å². The Morgan fingerprint density at radius 1 is 1.15 bits per heavy atom. The number of nitrogens with zero attached hydrogens (tertiary/aromatic N) is 2. The highest BCUT2D eigenvalue weighted by Gasteiger charge is 2.07. The summed E-state index contributed by atoms with van der Waals surface area (Å²) < 4.78 is 0. The number of thiophene rings is 1. The van der Waals surface area contributed by atoms with Crippen LogP contribution in [0.25, 0.3) is 0 Å². The Labute approximate surface area is 129 Å². The van der Waals surface area contributed by atoms with Crippen molar-refractivity contribution in [2.24, 2.45) is 5.92 Å². The third-order valence-electron chi connectivity index (χ3n) is 3.19. The van der Waals surface area contributed by atoms with Crippen molar-refractivity contribution >= 4 is 11.3 Å². The fourth-order valence-corrected chi connectivity index (χ4v) is 3.04. The SMILES string of the molecule is Cc1ccc(CNCCN(CCN(C)C)CC(C)C)s1. The van der Waals surface area contributed by atoms with Crippen molar-refractivity contribution in [2.75, 3.05) is 46.8 Å². The van der Waals surface area contributed by atoms with E-state index < -0.39 is 0 Å². The highest BCUT2D eigenvalue weighted by molar-refractivity contribution is 7.11. The van der Waals surface area contributed by atoms with Crippen LogP contribution in [0.2, 0.25) is 0 Å². The molecule has 0 unspecified atom stereocenters. The van der Waals surface area contributed by atoms with E-state index >= 15 is 0 Å². The van der Waals surface area contributed by atoms with Crippen LogP contribution in [-0.4, -0.2) is 56.6 Å². The molecule has 116 valence electrons. The van der Waals surface area contributed by atoms with Crippen molar-refractivity contribution in [1.29, 1.82) is 0 Å². The van der Waals surface area contributed by atoms with E-state index in [-0.39, 0.29) is 0 Å². The summed E-state index contributed by atoms with van der Waals surface area (Å²) in [6.07, 6.45) is 0. The summed E-state index contributed by atoms with van der Waals surface area (Å²) in [5, 5.41) is 3.56. The van der Waals surface area contributed by atoms with E-state index in [1.807, 2.05) is 11.3 Å². The first kappa shape index (κ1) is 17.6. The van der Waals surface area contributed by atoms with Gasteiger partial charge in [-0.15, -0.1) is 11.3 Å². The maximum absolute atomic E-state index is 3.56. The number of hydrogen-bond donors (Lipinski definition) is 1. The monoisotopic (exact) mass is 297 g/mol. The van der Waals surface area contributed by atoms with Gasteiger partial charge in [0.05, 0.1) is 0 Å². The van der Waals surface area contributed by atoms with Crippen molar-refractivity contribution in [3.63, 3.8) is 0 Å². The average Bonchev–Trinajstić information content (AvgIpc) is 2.76. The molecular weight excluding hydrogens is 266 g/mol. The Hall–Kier alpha value is -0.420. The molecule has 3 nitrogen and oxygen atoms in total. The molecule has 0 bridgehead atoms. The highest BCUT2D eigenvalue weighted by Crippen LogP contribution is 2.14. The summed E-state index contributed by atoms with van der Waals surface area (Å²) in [5.74, 6) is 0.733. The molecule has 0 aliphatic rings. The number of aryl methyl sites for hydroxylation is 1. The maximum atomic E-state index is 3.56. The van der Waals surface area contributed by atoms with Crippen molar-refractivity contribution in [2.45, 2.75) is 27.3 Å². The first-order valence-corrected chi connectivity index (χ1v) is 8.42. The predicted molar refractivity (Wildman–Crippen MR) is 90.6 cm³/mol. The lowest BCUT2D eigenvalue weighted by Gasteiger charge is -2.25. The molecule has 0 spiro atoms. The van der Waals surface area contributed by atoms with Gasteiger partial charge in [0.1, 0.15) is 0 Å². The van der Waals surface area contributed by atoms with Crippen LogP contribution in [-0.2, 0) is 6.54 Å². The molecule has 20 heavy (non-hydrogen) atoms. The van der Waals surface area contributed by atoms with E-state index in [0.717, 1.165) is 38.6 Å². The molecule has 1 aromatic rings. The Balaban J connectivity index is 2.23. The second kappa shape index (κ2) is 9.50. The molecule has 0 radical (unpaired) electrons. The zero-order chi connectivity index (χ0) is 15.0. The van der Waals surface area contributed by atoms with Crippen LogP contribution in [0, 0.1) is 12.8 Å². The van der Waals surface area contributed by atoms with Crippen molar-refractivity contribution in [3.05, 3.63) is 21.9 Å². The van der Waals surface area contributed by atoms with Crippen LogP contribution < -0.4 is 5.32 Å². The zero-order valence-corrected chi connectivity index (χ0v) is 14.6. The molecule has 0 fully saturated rings. The molecule has 1 aromatic heterocycles. The van der Waals surface area contributed by atoms with E-state index in [2.05, 4.69) is 62.1 Å². The molecule has 1 rings (SSSR count). The van der Waals surface area contributed by atoms with Gasteiger partial charge in [-0.3, -0.25) is 0 Å². The number of nitrogens with one attached hydrogen (secondary N) is 1. The molecule has 0 amide bonds. The van der Waals surface area contributed by atoms with Crippen LogP contribution >= 0.6 is 11.3 Å². The van der Waals surface area contributed by atoms with Gasteiger partial charge in [-0.25, -0.2) is 0 Å². The van der Waals surface area contributed by atoms with Crippen molar-refractivity contribution in [3.8, 4) is 0 Å². The second-order valence-corrected chi connectivity index (χ2v) is 7.56. The molecule has 1 heterocycles. The van der Waals surface area contributed by atoms with Gasteiger partial charge in [-0.1, -0.05) is 13.8 Å². The van der Waals surface area contributed by atoms with Gasteiger partial charge in [-0.05, 0) is 39.1 Å². The van der Waals surface area contributed by atoms with Crippen molar-refractivity contribution < 1.29 is 0 Å². The van der Waals surface area contributed by atoms with Gasteiger partial charge in [0, 0.05) is 49.0 Å². The van der Waals surface area contributed by atoms with Crippen molar-refractivity contribution in [1.82, 2.24) is 15.1 Å². The van der Waals surface area contributed by atoms with E-state index in [0.29, 0.717) is 0 Å². The van der Waals surface area contributed by atoms with Gasteiger partial charge in [0.2, 0.25) is 0 Å². The highest BCUT2D eigenvalue weighted by atomic mass is 32.1. The summed E-state index contributed by atoms with van der Waals surface area (Å²) in [6, 6.07) is 4.43. The van der Waals surface area contributed by atoms with Crippen LogP contribution in [0.5, 0.6) is 0 Å². The number of rotatable bonds is 10. The van der Waals surface area contributed by atoms with Crippen LogP contribution in [0.3, 0.4) is 0 Å². The minimum absolute atomic E-state index is 0.733. The molecule has 0 aromatic carbocycles. The minimum Gasteiger partial charge on any atom is -0.311 e. The molecule has 4 heteroatoms. The third-order valence-corrected chi connectivity index (χ3v) is 4.19. The third kappa shape index (κ3) is 8.00. The first-order valence-electron chi connectivity index (χ1n) is 7.60. The fraction of sp³-hybridized carbons (Fsp3) is 0.750. The Morgan fingerprint density at radius 2 is 1.90 bits per heavy atom. The van der Waals surface area contributed by atoms with Crippen LogP contribution in [0.4, 0.5) is 0 Å². The standard InChI is InChI=1S/C16H31N3S/c1-14(2)13-19(11-10-18(4)5)9-8-17-12-16-7-6-15(3)20-16/h6-7,14,17H,8-13H2,1-5H3. The van der Waals surface area contributed by atoms with Crippen LogP contribution in [0.15, 0.2) is 12.1 Å². The number of hydrogen-bond acceptors (Lipinski definition) is 4. The number of likely N-dealkylation sites (N-methyl/N-ethyl adjacent to an activating group) is 1. The Kier molecular flexibility index (Phi) is 8.38. The Bertz CT molecular complexity index is 360. The molecule has 0 saturated carbocycles. The summed E-state index contributed by atoms with van der Waals surface area (Å²) in [7, 11) is 4.29. The van der Waals surface area contributed by atoms with E-state index in [1.165, 1.54) is 16.3 Å². The normalized spacial score (nSPS) is 12.0. The molecule has 1 N–H and O–H groups in total. The van der Waals surface area contributed by atoms with E-state index in [4.69, 9.17) is 0 Å². The lowest BCUT2D eigenvalue weighted by Crippen LogP contribution is -2.38. The topological polar surface area (TPSA) is 18.5 Å². The predicted octanol–water partition coefficient (Wildman–Crippen LogP) is 2.67. The van der Waals surface area contributed by atoms with E-state index in [9.17, 15) is 0 Å². The minimum atomic E-state index is 0.733. The lowest BCUT2D eigenvalue weighted by atomic mass is 10.2. The van der Waals surface area contributed by atoms with Crippen LogP contribution in [0.1, 0.15) is 23.6 Å². The molecule has 0 aliphatic heterocycles. The maximum Gasteiger partial charge on any atom is 0.0300 e. The molecular formula is C16H31N3S. The quantitative estimate of drug-likeness (QED) is 0.670. The largest absolute Gasteiger partial charge is 0.311 e. The molecule has 0 saturated heterocycles.